The molecule has 1 N–H and O–H groups in total. The second-order valence-electron chi connectivity index (χ2n) is 11.9. The number of fused-ring (bicyclic) bond motifs is 1. The van der Waals surface area contributed by atoms with Gasteiger partial charge in [0.15, 0.2) is 5.84 Å². The van der Waals surface area contributed by atoms with Gasteiger partial charge in [0.05, 0.1) is 12.0 Å². The van der Waals surface area contributed by atoms with Crippen molar-refractivity contribution in [2.45, 2.75) is 4.90 Å². The number of ether oxygens (including phenoxy) is 1. The standard InChI is InChI=1S/C43H33BrClN2O3PS/c1-50-33-25-21-31(22-26-33)42(51(34-13-5-2-6-14-34,35-15-7-3-8-16-35)36-17-9-4-10-18-36)43(47-52(48,49)37-27-23-32(45)24-28-37)46-41-30-29-40(44)38-19-11-12-20-39(38)41/h2-30H,1H3,(H,46,47). The minimum atomic E-state index is -4.30. The smallest absolute Gasteiger partial charge is 0.284 e. The van der Waals surface area contributed by atoms with Crippen LogP contribution < -0.4 is 26.0 Å². The van der Waals surface area contributed by atoms with Crippen molar-refractivity contribution in [1.29, 1.82) is 0 Å². The van der Waals surface area contributed by atoms with Gasteiger partial charge in [-0.1, -0.05) is 155 Å². The maximum Gasteiger partial charge on any atom is 0.284 e. The first-order valence-electron chi connectivity index (χ1n) is 16.4. The van der Waals surface area contributed by atoms with Crippen molar-refractivity contribution in [3.05, 3.63) is 191 Å². The summed E-state index contributed by atoms with van der Waals surface area (Å²) in [6.07, 6.45) is 0. The molecule has 5 nitrogen and oxygen atoms in total. The Labute approximate surface area is 317 Å². The Hall–Kier alpha value is -4.91. The Morgan fingerprint density at radius 1 is 0.635 bits per heavy atom. The maximum absolute atomic E-state index is 14.5. The molecule has 7 aromatic rings. The predicted octanol–water partition coefficient (Wildman–Crippen LogP) is 9.68. The molecule has 0 aliphatic heterocycles. The highest BCUT2D eigenvalue weighted by atomic mass is 79.9. The first-order valence-corrected chi connectivity index (χ1v) is 20.8. The molecule has 0 fully saturated rings. The summed E-state index contributed by atoms with van der Waals surface area (Å²) < 4.78 is 40.4. The highest BCUT2D eigenvalue weighted by Gasteiger charge is 2.34. The number of methoxy groups -OCH3 is 1. The summed E-state index contributed by atoms with van der Waals surface area (Å²) in [6.45, 7) is -2.97. The van der Waals surface area contributed by atoms with Crippen LogP contribution in [0.4, 0.5) is 5.69 Å². The molecule has 0 saturated heterocycles. The first-order chi connectivity index (χ1) is 25.3. The van der Waals surface area contributed by atoms with Gasteiger partial charge in [-0.3, -0.25) is 0 Å². The normalized spacial score (nSPS) is 12.0. The second kappa shape index (κ2) is 15.4. The molecule has 0 amide bonds. The van der Waals surface area contributed by atoms with Crippen LogP contribution in [0.1, 0.15) is 5.56 Å². The zero-order valence-corrected chi connectivity index (χ0v) is 32.1. The van der Waals surface area contributed by atoms with E-state index in [0.717, 1.165) is 42.0 Å². The van der Waals surface area contributed by atoms with Crippen LogP contribution in [-0.2, 0) is 10.0 Å². The summed E-state index contributed by atoms with van der Waals surface area (Å²) in [6, 6.07) is 56.6. The average Bonchev–Trinajstić information content (AvgIpc) is 3.19. The summed E-state index contributed by atoms with van der Waals surface area (Å²) >= 11 is 9.91. The molecule has 52 heavy (non-hydrogen) atoms. The van der Waals surface area contributed by atoms with Gasteiger partial charge < -0.3 is 10.1 Å². The second-order valence-corrected chi connectivity index (χ2v) is 18.1. The molecule has 0 atom stereocenters. The lowest BCUT2D eigenvalue weighted by atomic mass is 10.1. The van der Waals surface area contributed by atoms with E-state index < -0.39 is 16.9 Å². The summed E-state index contributed by atoms with van der Waals surface area (Å²) in [4.78, 5) is 0.0222. The first kappa shape index (κ1) is 35.5. The zero-order chi connectivity index (χ0) is 36.1. The number of amidine groups is 1. The SMILES string of the molecule is COc1ccc(C(/C(=N\S(=O)(=O)c2ccc(Cl)cc2)Nc2ccc(Br)c3ccccc23)=P(c2ccccc2)(c2ccccc2)c2ccccc2)cc1. The number of rotatable bonds is 9. The van der Waals surface area contributed by atoms with Crippen LogP contribution >= 0.6 is 34.4 Å². The van der Waals surface area contributed by atoms with E-state index in [1.807, 2.05) is 115 Å². The van der Waals surface area contributed by atoms with Crippen LogP contribution in [0.3, 0.4) is 0 Å². The van der Waals surface area contributed by atoms with Gasteiger partial charge in [0, 0.05) is 25.9 Å². The molecule has 0 radical (unpaired) electrons. The van der Waals surface area contributed by atoms with Gasteiger partial charge in [-0.25, -0.2) is 0 Å². The van der Waals surface area contributed by atoms with E-state index in [9.17, 15) is 8.42 Å². The van der Waals surface area contributed by atoms with Crippen LogP contribution in [0, 0.1) is 0 Å². The van der Waals surface area contributed by atoms with E-state index in [4.69, 9.17) is 20.7 Å². The fourth-order valence-corrected chi connectivity index (χ4v) is 12.6. The van der Waals surface area contributed by atoms with Gasteiger partial charge >= 0.3 is 0 Å². The lowest BCUT2D eigenvalue weighted by Crippen LogP contribution is -2.37. The summed E-state index contributed by atoms with van der Waals surface area (Å²) in [7, 11) is -2.68. The molecule has 258 valence electrons. The number of sulfonamides is 1. The Morgan fingerprint density at radius 3 is 1.65 bits per heavy atom. The topological polar surface area (TPSA) is 67.8 Å². The van der Waals surface area contributed by atoms with Crippen molar-refractivity contribution in [1.82, 2.24) is 0 Å². The quantitative estimate of drug-likeness (QED) is 0.0897. The summed E-state index contributed by atoms with van der Waals surface area (Å²) in [5, 5.41) is 9.70. The van der Waals surface area contributed by atoms with Gasteiger partial charge in [0.1, 0.15) is 5.75 Å². The van der Waals surface area contributed by atoms with Crippen LogP contribution in [0.25, 0.3) is 10.8 Å². The lowest BCUT2D eigenvalue weighted by molar-refractivity contribution is 0.415. The van der Waals surface area contributed by atoms with Gasteiger partial charge in [-0.05, 0) is 82.3 Å². The van der Waals surface area contributed by atoms with Gasteiger partial charge in [-0.2, -0.15) is 8.42 Å². The van der Waals surface area contributed by atoms with Crippen LogP contribution in [0.2, 0.25) is 5.02 Å². The molecule has 0 spiro atoms. The largest absolute Gasteiger partial charge is 0.497 e. The highest BCUT2D eigenvalue weighted by Crippen LogP contribution is 2.48. The molecule has 0 aliphatic rings. The third-order valence-corrected chi connectivity index (χ3v) is 15.4. The minimum Gasteiger partial charge on any atom is -0.497 e. The molecule has 9 heteroatoms. The Kier molecular flexibility index (Phi) is 10.5. The van der Waals surface area contributed by atoms with Crippen LogP contribution in [0.15, 0.2) is 190 Å². The third-order valence-electron chi connectivity index (χ3n) is 8.80. The molecule has 0 aromatic heterocycles. The molecule has 7 rings (SSSR count). The molecule has 7 aromatic carbocycles. The van der Waals surface area contributed by atoms with Gasteiger partial charge in [-0.15, -0.1) is 4.40 Å². The number of hydrogen-bond acceptors (Lipinski definition) is 3. The number of anilines is 1. The Morgan fingerprint density at radius 2 is 1.13 bits per heavy atom. The van der Waals surface area contributed by atoms with E-state index in [1.165, 1.54) is 12.1 Å². The summed E-state index contributed by atoms with van der Waals surface area (Å²) in [5.41, 5.74) is 1.48. The van der Waals surface area contributed by atoms with E-state index in [0.29, 0.717) is 16.5 Å². The number of halogens is 2. The molecule has 0 aliphatic carbocycles. The van der Waals surface area contributed by atoms with Crippen molar-refractivity contribution in [3.63, 3.8) is 0 Å². The van der Waals surface area contributed by atoms with E-state index in [1.54, 1.807) is 19.2 Å². The molecule has 0 unspecified atom stereocenters. The van der Waals surface area contributed by atoms with Crippen LogP contribution in [-0.4, -0.2) is 26.7 Å². The summed E-state index contributed by atoms with van der Waals surface area (Å²) in [5.74, 6) is 0.864. The van der Waals surface area contributed by atoms with Crippen molar-refractivity contribution in [2.75, 3.05) is 12.4 Å². The minimum absolute atomic E-state index is 0.0222. The van der Waals surface area contributed by atoms with Crippen molar-refractivity contribution in [2.24, 2.45) is 4.40 Å². The average molecular weight is 804 g/mol. The fourth-order valence-electron chi connectivity index (χ4n) is 6.43. The monoisotopic (exact) mass is 802 g/mol. The molecule has 0 heterocycles. The number of benzene rings is 7. The van der Waals surface area contributed by atoms with Crippen LogP contribution in [0.5, 0.6) is 5.75 Å². The van der Waals surface area contributed by atoms with E-state index >= 15 is 0 Å². The number of nitrogens with zero attached hydrogens (tertiary/aromatic N) is 1. The van der Waals surface area contributed by atoms with Crippen molar-refractivity contribution in [3.8, 4) is 5.75 Å². The maximum atomic E-state index is 14.5. The van der Waals surface area contributed by atoms with Gasteiger partial charge in [0.2, 0.25) is 0 Å². The number of hydrogen-bond donors (Lipinski definition) is 1. The fraction of sp³-hybridized carbons (Fsp3) is 0.0233. The molecule has 0 bridgehead atoms. The highest BCUT2D eigenvalue weighted by molar-refractivity contribution is 9.10. The zero-order valence-electron chi connectivity index (χ0n) is 28.0. The Bertz CT molecular complexity index is 2450. The van der Waals surface area contributed by atoms with Gasteiger partial charge in [0.25, 0.3) is 10.0 Å². The molecular formula is C43H33BrClN2O3PS. The van der Waals surface area contributed by atoms with E-state index in [-0.39, 0.29) is 10.7 Å². The third kappa shape index (κ3) is 6.98. The molecular weight excluding hydrogens is 771 g/mol. The van der Waals surface area contributed by atoms with Crippen molar-refractivity contribution < 1.29 is 13.2 Å². The van der Waals surface area contributed by atoms with Crippen molar-refractivity contribution >= 4 is 87.9 Å². The van der Waals surface area contributed by atoms with E-state index in [2.05, 4.69) is 57.6 Å². The predicted molar refractivity (Wildman–Crippen MR) is 224 cm³/mol. The number of nitrogens with one attached hydrogen (secondary N) is 1. The lowest BCUT2D eigenvalue weighted by Gasteiger charge is -2.34. The Balaban J connectivity index is 1.71. The molecule has 0 saturated carbocycles.